The third kappa shape index (κ3) is 3.92. The standard InChI is InChI=1S/C16H14N2O4/c1-22-12-5-2-11(3-6-12)4-7-15(19)13(8-16(20)21)14-9-17-10-18-14/h2-10H,1H3,(H,17,18)(H,20,21). The van der Waals surface area contributed by atoms with Crippen LogP contribution in [0.15, 0.2) is 48.9 Å². The highest BCUT2D eigenvalue weighted by molar-refractivity contribution is 6.29. The van der Waals surface area contributed by atoms with Crippen molar-refractivity contribution in [2.45, 2.75) is 0 Å². The fourth-order valence-electron chi connectivity index (χ4n) is 1.78. The quantitative estimate of drug-likeness (QED) is 0.797. The van der Waals surface area contributed by atoms with Gasteiger partial charge in [0.15, 0.2) is 5.78 Å². The SMILES string of the molecule is COc1ccc(C=CC(=O)C(=CC(=O)O)c2cnc[nH]2)cc1. The van der Waals surface area contributed by atoms with Gasteiger partial charge in [-0.15, -0.1) is 0 Å². The van der Waals surface area contributed by atoms with E-state index in [1.54, 1.807) is 37.5 Å². The summed E-state index contributed by atoms with van der Waals surface area (Å²) in [7, 11) is 1.57. The molecule has 1 aromatic carbocycles. The van der Waals surface area contributed by atoms with Crippen molar-refractivity contribution in [3.8, 4) is 5.75 Å². The number of H-pyrrole nitrogens is 1. The molecule has 0 saturated carbocycles. The second-order valence-corrected chi connectivity index (χ2v) is 4.33. The van der Waals surface area contributed by atoms with Crippen LogP contribution in [0.5, 0.6) is 5.75 Å². The van der Waals surface area contributed by atoms with Gasteiger partial charge < -0.3 is 14.8 Å². The third-order valence-corrected chi connectivity index (χ3v) is 2.86. The molecule has 0 aliphatic heterocycles. The van der Waals surface area contributed by atoms with Crippen LogP contribution in [-0.2, 0) is 9.59 Å². The molecular formula is C16H14N2O4. The average Bonchev–Trinajstić information content (AvgIpc) is 3.04. The number of nitrogens with one attached hydrogen (secondary N) is 1. The summed E-state index contributed by atoms with van der Waals surface area (Å²) < 4.78 is 5.05. The van der Waals surface area contributed by atoms with Gasteiger partial charge in [0.2, 0.25) is 0 Å². The zero-order valence-corrected chi connectivity index (χ0v) is 11.8. The number of imidazole rings is 1. The van der Waals surface area contributed by atoms with Crippen LogP contribution in [0, 0.1) is 0 Å². The summed E-state index contributed by atoms with van der Waals surface area (Å²) in [6.07, 6.45) is 6.55. The number of hydrogen-bond acceptors (Lipinski definition) is 4. The van der Waals surface area contributed by atoms with Gasteiger partial charge in [0.05, 0.1) is 30.9 Å². The minimum absolute atomic E-state index is 0.0368. The van der Waals surface area contributed by atoms with Crippen LogP contribution >= 0.6 is 0 Å². The summed E-state index contributed by atoms with van der Waals surface area (Å²) in [5.74, 6) is -0.911. The molecule has 2 N–H and O–H groups in total. The second-order valence-electron chi connectivity index (χ2n) is 4.33. The van der Waals surface area contributed by atoms with E-state index in [2.05, 4.69) is 9.97 Å². The molecule has 0 saturated heterocycles. The number of carboxylic acid groups (broad SMARTS) is 1. The van der Waals surface area contributed by atoms with Gasteiger partial charge in [0.1, 0.15) is 5.75 Å². The molecule has 2 rings (SSSR count). The number of carbonyl (C=O) groups excluding carboxylic acids is 1. The zero-order valence-electron chi connectivity index (χ0n) is 11.8. The Bertz CT molecular complexity index is 713. The number of hydrogen-bond donors (Lipinski definition) is 2. The number of methoxy groups -OCH3 is 1. The van der Waals surface area contributed by atoms with E-state index >= 15 is 0 Å². The Hall–Kier alpha value is -3.15. The predicted octanol–water partition coefficient (Wildman–Crippen LogP) is 2.17. The third-order valence-electron chi connectivity index (χ3n) is 2.86. The lowest BCUT2D eigenvalue weighted by atomic mass is 10.1. The van der Waals surface area contributed by atoms with Gasteiger partial charge in [-0.2, -0.15) is 0 Å². The minimum Gasteiger partial charge on any atom is -0.497 e. The van der Waals surface area contributed by atoms with E-state index in [-0.39, 0.29) is 5.57 Å². The molecule has 112 valence electrons. The van der Waals surface area contributed by atoms with E-state index in [1.165, 1.54) is 18.6 Å². The van der Waals surface area contributed by atoms with Crippen LogP contribution in [0.3, 0.4) is 0 Å². The molecule has 0 amide bonds. The fraction of sp³-hybridized carbons (Fsp3) is 0.0625. The van der Waals surface area contributed by atoms with Gasteiger partial charge in [-0.25, -0.2) is 9.78 Å². The highest BCUT2D eigenvalue weighted by Gasteiger charge is 2.12. The number of aromatic amines is 1. The zero-order chi connectivity index (χ0) is 15.9. The van der Waals surface area contributed by atoms with E-state index in [0.717, 1.165) is 11.6 Å². The maximum absolute atomic E-state index is 12.2. The number of aliphatic carboxylic acids is 1. The summed E-state index contributed by atoms with van der Waals surface area (Å²) in [5, 5.41) is 8.87. The summed E-state index contributed by atoms with van der Waals surface area (Å²) >= 11 is 0. The second kappa shape index (κ2) is 7.03. The smallest absolute Gasteiger partial charge is 0.329 e. The van der Waals surface area contributed by atoms with Crippen molar-refractivity contribution in [2.24, 2.45) is 0 Å². The molecule has 0 atom stereocenters. The molecule has 0 spiro atoms. The molecule has 22 heavy (non-hydrogen) atoms. The van der Waals surface area contributed by atoms with Gasteiger partial charge in [0.25, 0.3) is 0 Å². The first-order valence-electron chi connectivity index (χ1n) is 6.40. The number of nitrogens with zero attached hydrogens (tertiary/aromatic N) is 1. The van der Waals surface area contributed by atoms with Gasteiger partial charge in [-0.05, 0) is 23.8 Å². The molecule has 6 nitrogen and oxygen atoms in total. The van der Waals surface area contributed by atoms with Crippen molar-refractivity contribution >= 4 is 23.4 Å². The van der Waals surface area contributed by atoms with E-state index in [1.807, 2.05) is 0 Å². The summed E-state index contributed by atoms with van der Waals surface area (Å²) in [4.78, 5) is 29.5. The molecule has 1 aromatic heterocycles. The number of allylic oxidation sites excluding steroid dienone is 2. The Kier molecular flexibility index (Phi) is 4.87. The normalized spacial score (nSPS) is 11.6. The molecule has 1 heterocycles. The Morgan fingerprint density at radius 1 is 1.27 bits per heavy atom. The monoisotopic (exact) mass is 298 g/mol. The number of carboxylic acids is 1. The van der Waals surface area contributed by atoms with E-state index in [0.29, 0.717) is 11.4 Å². The van der Waals surface area contributed by atoms with Gasteiger partial charge in [-0.1, -0.05) is 18.2 Å². The van der Waals surface area contributed by atoms with Crippen LogP contribution in [0.1, 0.15) is 11.3 Å². The van der Waals surface area contributed by atoms with Gasteiger partial charge in [0, 0.05) is 6.08 Å². The van der Waals surface area contributed by atoms with Crippen LogP contribution in [-0.4, -0.2) is 33.9 Å². The van der Waals surface area contributed by atoms with Crippen LogP contribution in [0.4, 0.5) is 0 Å². The van der Waals surface area contributed by atoms with Crippen LogP contribution in [0.2, 0.25) is 0 Å². The molecule has 0 aliphatic rings. The van der Waals surface area contributed by atoms with E-state index in [9.17, 15) is 9.59 Å². The average molecular weight is 298 g/mol. The van der Waals surface area contributed by atoms with Crippen LogP contribution < -0.4 is 4.74 Å². The van der Waals surface area contributed by atoms with Crippen molar-refractivity contribution < 1.29 is 19.4 Å². The lowest BCUT2D eigenvalue weighted by Gasteiger charge is -2.00. The number of aromatic nitrogens is 2. The van der Waals surface area contributed by atoms with Crippen molar-refractivity contribution in [1.29, 1.82) is 0 Å². The molecule has 6 heteroatoms. The highest BCUT2D eigenvalue weighted by atomic mass is 16.5. The lowest BCUT2D eigenvalue weighted by molar-refractivity contribution is -0.131. The van der Waals surface area contributed by atoms with Crippen molar-refractivity contribution in [3.63, 3.8) is 0 Å². The van der Waals surface area contributed by atoms with E-state index in [4.69, 9.17) is 9.84 Å². The number of ketones is 1. The molecular weight excluding hydrogens is 284 g/mol. The van der Waals surface area contributed by atoms with Crippen molar-refractivity contribution in [3.05, 3.63) is 60.2 Å². The topological polar surface area (TPSA) is 92.3 Å². The predicted molar refractivity (Wildman–Crippen MR) is 81.2 cm³/mol. The molecule has 0 fully saturated rings. The minimum atomic E-state index is -1.20. The Morgan fingerprint density at radius 2 is 2.00 bits per heavy atom. The van der Waals surface area contributed by atoms with Gasteiger partial charge >= 0.3 is 5.97 Å². The van der Waals surface area contributed by atoms with Gasteiger partial charge in [-0.3, -0.25) is 4.79 Å². The number of rotatable bonds is 6. The maximum Gasteiger partial charge on any atom is 0.329 e. The number of ether oxygens (including phenoxy) is 1. The maximum atomic E-state index is 12.2. The summed E-state index contributed by atoms with van der Waals surface area (Å²) in [5.41, 5.74) is 1.19. The Morgan fingerprint density at radius 3 is 2.55 bits per heavy atom. The molecule has 0 bridgehead atoms. The molecule has 0 unspecified atom stereocenters. The fourth-order valence-corrected chi connectivity index (χ4v) is 1.78. The lowest BCUT2D eigenvalue weighted by Crippen LogP contribution is -2.02. The molecule has 2 aromatic rings. The van der Waals surface area contributed by atoms with Crippen molar-refractivity contribution in [1.82, 2.24) is 9.97 Å². The molecule has 0 aliphatic carbocycles. The number of carbonyl (C=O) groups is 2. The van der Waals surface area contributed by atoms with Crippen LogP contribution in [0.25, 0.3) is 11.6 Å². The molecule has 0 radical (unpaired) electrons. The first kappa shape index (κ1) is 15.2. The Labute approximate surface area is 126 Å². The summed E-state index contributed by atoms with van der Waals surface area (Å²) in [6.45, 7) is 0. The van der Waals surface area contributed by atoms with E-state index < -0.39 is 11.8 Å². The Balaban J connectivity index is 2.20. The van der Waals surface area contributed by atoms with Crippen molar-refractivity contribution in [2.75, 3.05) is 7.11 Å². The highest BCUT2D eigenvalue weighted by Crippen LogP contribution is 2.15. The first-order chi connectivity index (χ1) is 10.6. The largest absolute Gasteiger partial charge is 0.497 e. The first-order valence-corrected chi connectivity index (χ1v) is 6.40. The summed E-state index contributed by atoms with van der Waals surface area (Å²) in [6, 6.07) is 7.12. The number of benzene rings is 1.